The Morgan fingerprint density at radius 1 is 1.40 bits per heavy atom. The molecule has 0 atom stereocenters. The van der Waals surface area contributed by atoms with Gasteiger partial charge in [-0.1, -0.05) is 13.8 Å². The van der Waals surface area contributed by atoms with Crippen LogP contribution in [-0.4, -0.2) is 10.1 Å². The van der Waals surface area contributed by atoms with Crippen molar-refractivity contribution in [1.29, 1.82) is 0 Å². The second-order valence-electron chi connectivity index (χ2n) is 3.59. The fraction of sp³-hybridized carbons (Fsp3) is 1.00. The number of rotatable bonds is 2. The second-order valence-corrected chi connectivity index (χ2v) is 3.59. The second kappa shape index (κ2) is 6.01. The number of thiol groups is 1. The van der Waals surface area contributed by atoms with Crippen LogP contribution in [0.15, 0.2) is 0 Å². The summed E-state index contributed by atoms with van der Waals surface area (Å²) >= 11 is 2.53. The van der Waals surface area contributed by atoms with Crippen LogP contribution in [0.5, 0.6) is 0 Å². The predicted molar refractivity (Wildman–Crippen MR) is 49.3 cm³/mol. The molecule has 3 heteroatoms. The molecule has 0 saturated heterocycles. The molecule has 0 aromatic rings. The molecule has 0 aliphatic heterocycles. The van der Waals surface area contributed by atoms with Crippen molar-refractivity contribution in [3.8, 4) is 0 Å². The van der Waals surface area contributed by atoms with Gasteiger partial charge in [0.15, 0.2) is 0 Å². The predicted octanol–water partition coefficient (Wildman–Crippen LogP) is 2.16. The van der Waals surface area contributed by atoms with Crippen LogP contribution in [0.2, 0.25) is 0 Å². The van der Waals surface area contributed by atoms with Crippen LogP contribution >= 0.6 is 12.9 Å². The molecule has 0 radical (unpaired) electrons. The van der Waals surface area contributed by atoms with Gasteiger partial charge in [0.2, 0.25) is 0 Å². The largest absolute Gasteiger partial charge is 0.333 e. The van der Waals surface area contributed by atoms with Gasteiger partial charge in [0.05, 0.1) is 0 Å². The van der Waals surface area contributed by atoms with E-state index in [9.17, 15) is 0 Å². The highest BCUT2D eigenvalue weighted by Gasteiger charge is 2.11. The highest BCUT2D eigenvalue weighted by molar-refractivity contribution is 7.74. The van der Waals surface area contributed by atoms with Gasteiger partial charge in [-0.25, -0.2) is 0 Å². The highest BCUT2D eigenvalue weighted by Crippen LogP contribution is 2.11. The minimum Gasteiger partial charge on any atom is -0.333 e. The Morgan fingerprint density at radius 3 is 1.70 bits per heavy atom. The molecule has 0 aliphatic rings. The first-order chi connectivity index (χ1) is 4.42. The summed E-state index contributed by atoms with van der Waals surface area (Å²) in [4.78, 5) is 0. The summed E-state index contributed by atoms with van der Waals surface area (Å²) in [5.41, 5.74) is 5.76. The Bertz CT molecular complexity index is 68.5. The molecule has 2 nitrogen and oxygen atoms in total. The fourth-order valence-electron chi connectivity index (χ4n) is 1.05. The Morgan fingerprint density at radius 2 is 1.70 bits per heavy atom. The normalized spacial score (nSPS) is 10.8. The Balaban J connectivity index is 0. The fourth-order valence-corrected chi connectivity index (χ4v) is 1.05. The molecule has 0 amide bonds. The van der Waals surface area contributed by atoms with Gasteiger partial charge in [0.1, 0.15) is 0 Å². The zero-order valence-electron chi connectivity index (χ0n) is 7.26. The molecule has 0 spiro atoms. The number of nitrogens with two attached hydrogens (primary N) is 1. The smallest absolute Gasteiger partial charge is 0.00994 e. The molecule has 0 rings (SSSR count). The van der Waals surface area contributed by atoms with Crippen molar-refractivity contribution in [3.63, 3.8) is 0 Å². The van der Waals surface area contributed by atoms with E-state index in [1.807, 2.05) is 0 Å². The third-order valence-electron chi connectivity index (χ3n) is 0.934. The third kappa shape index (κ3) is 15.7. The molecule has 0 fully saturated rings. The molecule has 0 aliphatic carbocycles. The maximum Gasteiger partial charge on any atom is 0.00994 e. The summed E-state index contributed by atoms with van der Waals surface area (Å²) in [5.74, 6) is 0.718. The van der Waals surface area contributed by atoms with Gasteiger partial charge in [-0.3, -0.25) is 0 Å². The first-order valence-corrected chi connectivity index (χ1v) is 3.81. The lowest BCUT2D eigenvalue weighted by Crippen LogP contribution is -2.33. The first-order valence-electron chi connectivity index (χ1n) is 3.41. The Hall–Kier alpha value is 0.270. The quantitative estimate of drug-likeness (QED) is 0.434. The maximum atomic E-state index is 6.69. The molecule has 3 N–H and O–H groups in total. The highest BCUT2D eigenvalue weighted by atomic mass is 32.1. The van der Waals surface area contributed by atoms with Crippen molar-refractivity contribution in [2.24, 2.45) is 11.7 Å². The number of hydrogen-bond acceptors (Lipinski definition) is 3. The average molecular weight is 165 g/mol. The molecule has 0 aromatic heterocycles. The summed E-state index contributed by atoms with van der Waals surface area (Å²) in [5, 5.41) is 0. The molecule has 0 saturated carbocycles. The standard InChI is InChI=1S/C7H17N.H2OS/c1-6(2)5-7(3,4)8;1-2/h6H,5,8H2,1-4H3;1-2H. The van der Waals surface area contributed by atoms with E-state index < -0.39 is 0 Å². The molecular formula is C7H19NOS. The van der Waals surface area contributed by atoms with Gasteiger partial charge in [-0.15, -0.1) is 0 Å². The van der Waals surface area contributed by atoms with Gasteiger partial charge in [0, 0.05) is 5.54 Å². The summed E-state index contributed by atoms with van der Waals surface area (Å²) in [7, 11) is 0. The van der Waals surface area contributed by atoms with Crippen molar-refractivity contribution in [3.05, 3.63) is 0 Å². The van der Waals surface area contributed by atoms with Gasteiger partial charge >= 0.3 is 0 Å². The monoisotopic (exact) mass is 165 g/mol. The summed E-state index contributed by atoms with van der Waals surface area (Å²) < 4.78 is 6.69. The van der Waals surface area contributed by atoms with Crippen LogP contribution in [0.1, 0.15) is 34.1 Å². The van der Waals surface area contributed by atoms with Crippen LogP contribution in [0.3, 0.4) is 0 Å². The van der Waals surface area contributed by atoms with Crippen molar-refractivity contribution in [2.75, 3.05) is 0 Å². The topological polar surface area (TPSA) is 46.2 Å². The van der Waals surface area contributed by atoms with E-state index in [2.05, 4.69) is 40.6 Å². The summed E-state index contributed by atoms with van der Waals surface area (Å²) in [6.07, 6.45) is 1.10. The van der Waals surface area contributed by atoms with Crippen molar-refractivity contribution in [2.45, 2.75) is 39.7 Å². The van der Waals surface area contributed by atoms with Crippen LogP contribution < -0.4 is 5.73 Å². The zero-order chi connectivity index (χ0) is 8.78. The molecule has 0 unspecified atom stereocenters. The van der Waals surface area contributed by atoms with E-state index in [0.29, 0.717) is 0 Å². The average Bonchev–Trinajstić information content (AvgIpc) is 1.64. The van der Waals surface area contributed by atoms with Gasteiger partial charge in [-0.2, -0.15) is 0 Å². The molecule has 10 heavy (non-hydrogen) atoms. The van der Waals surface area contributed by atoms with Crippen LogP contribution in [0, 0.1) is 5.92 Å². The van der Waals surface area contributed by atoms with Crippen LogP contribution in [-0.2, 0) is 0 Å². The SMILES string of the molecule is CC(C)CC(C)(C)N.OS. The molecular weight excluding hydrogens is 146 g/mol. The van der Waals surface area contributed by atoms with Gasteiger partial charge < -0.3 is 10.3 Å². The summed E-state index contributed by atoms with van der Waals surface area (Å²) in [6, 6.07) is 0. The van der Waals surface area contributed by atoms with E-state index in [4.69, 9.17) is 10.3 Å². The first kappa shape index (κ1) is 12.9. The van der Waals surface area contributed by atoms with E-state index in [0.717, 1.165) is 12.3 Å². The summed E-state index contributed by atoms with van der Waals surface area (Å²) in [6.45, 7) is 8.50. The third-order valence-corrected chi connectivity index (χ3v) is 0.934. The van der Waals surface area contributed by atoms with Crippen LogP contribution in [0.25, 0.3) is 0 Å². The van der Waals surface area contributed by atoms with Gasteiger partial charge in [0.25, 0.3) is 0 Å². The minimum atomic E-state index is 0.0220. The van der Waals surface area contributed by atoms with Crippen molar-refractivity contribution in [1.82, 2.24) is 0 Å². The molecule has 0 bridgehead atoms. The van der Waals surface area contributed by atoms with Crippen LogP contribution in [0.4, 0.5) is 0 Å². The Kier molecular flexibility index (Phi) is 7.76. The lowest BCUT2D eigenvalue weighted by atomic mass is 9.94. The van der Waals surface area contributed by atoms with E-state index in [-0.39, 0.29) is 5.54 Å². The number of hydrogen-bond donors (Lipinski definition) is 3. The molecule has 64 valence electrons. The molecule has 0 aromatic carbocycles. The van der Waals surface area contributed by atoms with E-state index >= 15 is 0 Å². The van der Waals surface area contributed by atoms with Crippen molar-refractivity contribution >= 4 is 12.9 Å². The van der Waals surface area contributed by atoms with Gasteiger partial charge in [-0.05, 0) is 39.1 Å². The van der Waals surface area contributed by atoms with Crippen molar-refractivity contribution < 1.29 is 4.55 Å². The maximum absolute atomic E-state index is 6.69. The minimum absolute atomic E-state index is 0.0220. The lowest BCUT2D eigenvalue weighted by Gasteiger charge is -2.20. The molecule has 0 heterocycles. The van der Waals surface area contributed by atoms with E-state index in [1.54, 1.807) is 0 Å². The van der Waals surface area contributed by atoms with E-state index in [1.165, 1.54) is 0 Å². The Labute approximate surface area is 69.4 Å². The zero-order valence-corrected chi connectivity index (χ0v) is 8.15. The lowest BCUT2D eigenvalue weighted by molar-refractivity contribution is 0.400.